The maximum absolute atomic E-state index is 12.4. The summed E-state index contributed by atoms with van der Waals surface area (Å²) in [6, 6.07) is 7.44. The van der Waals surface area contributed by atoms with Gasteiger partial charge in [0.1, 0.15) is 0 Å². The lowest BCUT2D eigenvalue weighted by molar-refractivity contribution is -0.126. The number of aromatic nitrogens is 2. The van der Waals surface area contributed by atoms with Crippen molar-refractivity contribution in [1.29, 1.82) is 0 Å². The van der Waals surface area contributed by atoms with E-state index < -0.39 is 0 Å². The summed E-state index contributed by atoms with van der Waals surface area (Å²) < 4.78 is 5.40. The van der Waals surface area contributed by atoms with Crippen LogP contribution in [-0.4, -0.2) is 40.6 Å². The van der Waals surface area contributed by atoms with Gasteiger partial charge in [-0.1, -0.05) is 42.7 Å². The second-order valence-corrected chi connectivity index (χ2v) is 7.95. The van der Waals surface area contributed by atoms with Gasteiger partial charge in [0.05, 0.1) is 17.5 Å². The highest BCUT2D eigenvalue weighted by molar-refractivity contribution is 6.33. The monoisotopic (exact) mass is 390 g/mol. The van der Waals surface area contributed by atoms with Gasteiger partial charge in [-0.15, -0.1) is 0 Å². The molecule has 2 aromatic rings. The van der Waals surface area contributed by atoms with Crippen LogP contribution < -0.4 is 5.32 Å². The number of carbonyl (C=O) groups excluding carboxylic acids is 1. The van der Waals surface area contributed by atoms with Gasteiger partial charge in [-0.25, -0.2) is 0 Å². The zero-order valence-corrected chi connectivity index (χ0v) is 16.7. The Balaban J connectivity index is 1.55. The Morgan fingerprint density at radius 2 is 2.22 bits per heavy atom. The fourth-order valence-corrected chi connectivity index (χ4v) is 3.52. The number of nitrogens with zero attached hydrogens (tertiary/aromatic N) is 3. The number of hydrogen-bond acceptors (Lipinski definition) is 5. The Morgan fingerprint density at radius 1 is 1.41 bits per heavy atom. The van der Waals surface area contributed by atoms with Gasteiger partial charge in [-0.3, -0.25) is 9.69 Å². The first-order valence-electron chi connectivity index (χ1n) is 9.60. The van der Waals surface area contributed by atoms with E-state index in [1.165, 1.54) is 0 Å². The van der Waals surface area contributed by atoms with E-state index in [-0.39, 0.29) is 11.8 Å². The summed E-state index contributed by atoms with van der Waals surface area (Å²) >= 11 is 6.20. The van der Waals surface area contributed by atoms with Crippen molar-refractivity contribution in [2.45, 2.75) is 39.7 Å². The van der Waals surface area contributed by atoms with Crippen LogP contribution in [0.1, 0.15) is 39.0 Å². The molecule has 2 heterocycles. The van der Waals surface area contributed by atoms with Gasteiger partial charge in [0.25, 0.3) is 0 Å². The van der Waals surface area contributed by atoms with Gasteiger partial charge in [-0.2, -0.15) is 4.98 Å². The van der Waals surface area contributed by atoms with Crippen LogP contribution in [0.2, 0.25) is 5.02 Å². The molecule has 1 aromatic carbocycles. The molecule has 0 radical (unpaired) electrons. The molecule has 6 nitrogen and oxygen atoms in total. The Morgan fingerprint density at radius 3 is 3.00 bits per heavy atom. The molecule has 1 unspecified atom stereocenters. The van der Waals surface area contributed by atoms with E-state index in [1.807, 2.05) is 18.2 Å². The topological polar surface area (TPSA) is 71.3 Å². The van der Waals surface area contributed by atoms with Crippen LogP contribution in [0.3, 0.4) is 0 Å². The fourth-order valence-electron chi connectivity index (χ4n) is 3.30. The third-order valence-corrected chi connectivity index (χ3v) is 5.17. The molecule has 7 heteroatoms. The van der Waals surface area contributed by atoms with Crippen molar-refractivity contribution in [3.05, 3.63) is 35.2 Å². The van der Waals surface area contributed by atoms with Crippen LogP contribution in [0.15, 0.2) is 28.8 Å². The van der Waals surface area contributed by atoms with Crippen molar-refractivity contribution in [2.75, 3.05) is 19.6 Å². The summed E-state index contributed by atoms with van der Waals surface area (Å²) in [5.41, 5.74) is 0.759. The van der Waals surface area contributed by atoms with Crippen molar-refractivity contribution in [3.63, 3.8) is 0 Å². The quantitative estimate of drug-likeness (QED) is 0.779. The predicted octanol–water partition coefficient (Wildman–Crippen LogP) is 3.76. The van der Waals surface area contributed by atoms with E-state index in [0.717, 1.165) is 44.5 Å². The molecule has 3 rings (SSSR count). The van der Waals surface area contributed by atoms with Crippen molar-refractivity contribution >= 4 is 17.5 Å². The van der Waals surface area contributed by atoms with Crippen LogP contribution in [0.4, 0.5) is 0 Å². The third-order valence-electron chi connectivity index (χ3n) is 4.84. The molecule has 1 atom stereocenters. The molecule has 1 aliphatic rings. The normalized spacial score (nSPS) is 18.0. The maximum Gasteiger partial charge on any atom is 0.241 e. The van der Waals surface area contributed by atoms with Crippen LogP contribution in [0, 0.1) is 11.8 Å². The minimum atomic E-state index is 0.0249. The van der Waals surface area contributed by atoms with Crippen LogP contribution >= 0.6 is 11.6 Å². The molecule has 0 saturated carbocycles. The van der Waals surface area contributed by atoms with Gasteiger partial charge in [0, 0.05) is 18.7 Å². The number of amides is 1. The highest BCUT2D eigenvalue weighted by Crippen LogP contribution is 2.25. The number of likely N-dealkylation sites (tertiary alicyclic amines) is 1. The summed E-state index contributed by atoms with van der Waals surface area (Å²) in [5.74, 6) is 1.82. The molecule has 0 bridgehead atoms. The largest absolute Gasteiger partial charge is 0.356 e. The standard InChI is InChI=1S/C20H27ClN4O2/c1-14(2)9-10-22-20(26)15-6-5-11-25(12-15)13-18-23-19(24-27-18)16-7-3-4-8-17(16)21/h3-4,7-8,14-15H,5-6,9-13H2,1-2H3,(H,22,26). The summed E-state index contributed by atoms with van der Waals surface area (Å²) in [6.45, 7) is 7.27. The molecule has 1 amide bonds. The number of hydrogen-bond donors (Lipinski definition) is 1. The molecular formula is C20H27ClN4O2. The van der Waals surface area contributed by atoms with Crippen molar-refractivity contribution in [3.8, 4) is 11.4 Å². The first-order valence-corrected chi connectivity index (χ1v) is 9.98. The molecule has 1 saturated heterocycles. The van der Waals surface area contributed by atoms with E-state index in [4.69, 9.17) is 16.1 Å². The summed E-state index contributed by atoms with van der Waals surface area (Å²) in [7, 11) is 0. The van der Waals surface area contributed by atoms with Gasteiger partial charge >= 0.3 is 0 Å². The highest BCUT2D eigenvalue weighted by atomic mass is 35.5. The molecule has 1 aromatic heterocycles. The van der Waals surface area contributed by atoms with E-state index in [2.05, 4.69) is 34.2 Å². The molecule has 1 N–H and O–H groups in total. The van der Waals surface area contributed by atoms with E-state index in [1.54, 1.807) is 6.07 Å². The Hall–Kier alpha value is -1.92. The maximum atomic E-state index is 12.4. The zero-order valence-electron chi connectivity index (χ0n) is 15.9. The van der Waals surface area contributed by atoms with Crippen LogP contribution in [0.25, 0.3) is 11.4 Å². The summed E-state index contributed by atoms with van der Waals surface area (Å²) in [6.07, 6.45) is 2.93. The third kappa shape index (κ3) is 5.53. The Labute approximate surface area is 165 Å². The number of halogens is 1. The fraction of sp³-hybridized carbons (Fsp3) is 0.550. The molecule has 0 spiro atoms. The number of rotatable bonds is 7. The number of carbonyl (C=O) groups is 1. The van der Waals surface area contributed by atoms with Crippen molar-refractivity contribution in [2.24, 2.45) is 11.8 Å². The molecule has 1 fully saturated rings. The first-order chi connectivity index (χ1) is 13.0. The van der Waals surface area contributed by atoms with Crippen molar-refractivity contribution < 1.29 is 9.32 Å². The van der Waals surface area contributed by atoms with Crippen LogP contribution in [-0.2, 0) is 11.3 Å². The lowest BCUT2D eigenvalue weighted by atomic mass is 9.97. The molecule has 27 heavy (non-hydrogen) atoms. The molecular weight excluding hydrogens is 364 g/mol. The smallest absolute Gasteiger partial charge is 0.241 e. The average Bonchev–Trinajstić information content (AvgIpc) is 3.10. The van der Waals surface area contributed by atoms with Gasteiger partial charge in [-0.05, 0) is 43.9 Å². The highest BCUT2D eigenvalue weighted by Gasteiger charge is 2.26. The van der Waals surface area contributed by atoms with E-state index >= 15 is 0 Å². The van der Waals surface area contributed by atoms with Gasteiger partial charge in [0.2, 0.25) is 17.6 Å². The minimum Gasteiger partial charge on any atom is -0.356 e. The minimum absolute atomic E-state index is 0.0249. The van der Waals surface area contributed by atoms with E-state index in [9.17, 15) is 4.79 Å². The van der Waals surface area contributed by atoms with Gasteiger partial charge in [0.15, 0.2) is 0 Å². The summed E-state index contributed by atoms with van der Waals surface area (Å²) in [5, 5.41) is 7.71. The van der Waals surface area contributed by atoms with Crippen LogP contribution in [0.5, 0.6) is 0 Å². The number of piperidine rings is 1. The number of benzene rings is 1. The second-order valence-electron chi connectivity index (χ2n) is 7.54. The zero-order chi connectivity index (χ0) is 19.2. The Bertz CT molecular complexity index is 762. The van der Waals surface area contributed by atoms with Gasteiger partial charge < -0.3 is 9.84 Å². The molecule has 0 aliphatic carbocycles. The second kappa shape index (κ2) is 9.33. The SMILES string of the molecule is CC(C)CCNC(=O)C1CCCN(Cc2nc(-c3ccccc3Cl)no2)C1. The average molecular weight is 391 g/mol. The summed E-state index contributed by atoms with van der Waals surface area (Å²) in [4.78, 5) is 19.1. The molecule has 146 valence electrons. The molecule has 1 aliphatic heterocycles. The lowest BCUT2D eigenvalue weighted by Crippen LogP contribution is -2.43. The Kier molecular flexibility index (Phi) is 6.85. The predicted molar refractivity (Wildman–Crippen MR) is 105 cm³/mol. The van der Waals surface area contributed by atoms with Crippen molar-refractivity contribution in [1.82, 2.24) is 20.4 Å². The first kappa shape index (κ1) is 19.8. The lowest BCUT2D eigenvalue weighted by Gasteiger charge is -2.30. The number of nitrogens with one attached hydrogen (secondary N) is 1. The van der Waals surface area contributed by atoms with E-state index in [0.29, 0.717) is 29.2 Å².